The quantitative estimate of drug-likeness (QED) is 0.705. The zero-order valence-corrected chi connectivity index (χ0v) is 9.40. The van der Waals surface area contributed by atoms with Gasteiger partial charge in [-0.15, -0.1) is 0 Å². The highest BCUT2D eigenvalue weighted by Crippen LogP contribution is 2.27. The minimum absolute atomic E-state index is 0.210. The van der Waals surface area contributed by atoms with E-state index in [-0.39, 0.29) is 6.01 Å². The molecule has 0 amide bonds. The number of aryl methyl sites for hydroxylation is 1. The number of hydrogen-bond acceptors (Lipinski definition) is 4. The molecule has 3 aromatic rings. The molecule has 0 saturated heterocycles. The van der Waals surface area contributed by atoms with E-state index in [1.165, 1.54) is 0 Å². The van der Waals surface area contributed by atoms with Crippen LogP contribution in [-0.2, 0) is 6.42 Å². The van der Waals surface area contributed by atoms with Crippen molar-refractivity contribution in [1.29, 1.82) is 0 Å². The number of aromatic nitrogens is 3. The smallest absolute Gasteiger partial charge is 0.292 e. The highest BCUT2D eigenvalue weighted by molar-refractivity contribution is 5.81. The van der Waals surface area contributed by atoms with Gasteiger partial charge in [-0.3, -0.25) is 0 Å². The number of anilines is 1. The van der Waals surface area contributed by atoms with E-state index in [0.29, 0.717) is 0 Å². The standard InChI is InChI=1S/C12H12N4O/c1-2-10-11(16-12(13)17-10)7-3-4-8-9(5-7)15-6-14-8/h3-6H,2H2,1H3,(H2,13,16)(H,14,15). The van der Waals surface area contributed by atoms with Crippen LogP contribution in [0.3, 0.4) is 0 Å². The van der Waals surface area contributed by atoms with E-state index in [9.17, 15) is 0 Å². The van der Waals surface area contributed by atoms with Gasteiger partial charge in [-0.1, -0.05) is 13.0 Å². The van der Waals surface area contributed by atoms with Gasteiger partial charge in [0.2, 0.25) is 0 Å². The summed E-state index contributed by atoms with van der Waals surface area (Å²) in [6, 6.07) is 6.13. The van der Waals surface area contributed by atoms with E-state index in [4.69, 9.17) is 10.2 Å². The number of benzene rings is 1. The zero-order valence-electron chi connectivity index (χ0n) is 9.40. The molecule has 17 heavy (non-hydrogen) atoms. The molecular weight excluding hydrogens is 216 g/mol. The second-order valence-electron chi connectivity index (χ2n) is 3.81. The number of nitrogens with zero attached hydrogens (tertiary/aromatic N) is 2. The summed E-state index contributed by atoms with van der Waals surface area (Å²) < 4.78 is 5.35. The molecule has 5 nitrogen and oxygen atoms in total. The van der Waals surface area contributed by atoms with Crippen LogP contribution in [0.25, 0.3) is 22.3 Å². The Kier molecular flexibility index (Phi) is 2.11. The SMILES string of the molecule is CCc1oc(N)nc1-c1ccc2nc[nH]c2c1. The third kappa shape index (κ3) is 1.56. The largest absolute Gasteiger partial charge is 0.428 e. The Hall–Kier alpha value is -2.30. The Labute approximate surface area is 97.7 Å². The molecule has 5 heteroatoms. The lowest BCUT2D eigenvalue weighted by Crippen LogP contribution is -1.85. The number of aromatic amines is 1. The van der Waals surface area contributed by atoms with Crippen molar-refractivity contribution < 1.29 is 4.42 Å². The molecule has 0 aliphatic heterocycles. The van der Waals surface area contributed by atoms with Crippen molar-refractivity contribution in [2.24, 2.45) is 0 Å². The maximum Gasteiger partial charge on any atom is 0.292 e. The molecule has 3 N–H and O–H groups in total. The van der Waals surface area contributed by atoms with Gasteiger partial charge in [0.05, 0.1) is 17.4 Å². The van der Waals surface area contributed by atoms with Crippen molar-refractivity contribution >= 4 is 17.0 Å². The average Bonchev–Trinajstić information content (AvgIpc) is 2.93. The summed E-state index contributed by atoms with van der Waals surface area (Å²) in [6.07, 6.45) is 2.44. The van der Waals surface area contributed by atoms with Gasteiger partial charge in [0, 0.05) is 12.0 Å². The van der Waals surface area contributed by atoms with Crippen molar-refractivity contribution in [2.75, 3.05) is 5.73 Å². The number of imidazole rings is 1. The second-order valence-corrected chi connectivity index (χ2v) is 3.81. The highest BCUT2D eigenvalue weighted by atomic mass is 16.4. The lowest BCUT2D eigenvalue weighted by Gasteiger charge is -1.98. The molecule has 1 aromatic carbocycles. The Morgan fingerprint density at radius 1 is 1.41 bits per heavy atom. The summed E-state index contributed by atoms with van der Waals surface area (Å²) in [6.45, 7) is 2.01. The van der Waals surface area contributed by atoms with Gasteiger partial charge in [0.25, 0.3) is 6.01 Å². The van der Waals surface area contributed by atoms with Gasteiger partial charge in [-0.05, 0) is 12.1 Å². The highest BCUT2D eigenvalue weighted by Gasteiger charge is 2.12. The number of nitrogens with two attached hydrogens (primary N) is 1. The fourth-order valence-electron chi connectivity index (χ4n) is 1.92. The molecule has 0 fully saturated rings. The molecule has 0 atom stereocenters. The first-order valence-corrected chi connectivity index (χ1v) is 5.46. The lowest BCUT2D eigenvalue weighted by atomic mass is 10.1. The molecule has 0 aliphatic carbocycles. The maximum absolute atomic E-state index is 5.59. The van der Waals surface area contributed by atoms with E-state index >= 15 is 0 Å². The Morgan fingerprint density at radius 2 is 2.29 bits per heavy atom. The number of H-pyrrole nitrogens is 1. The summed E-state index contributed by atoms with van der Waals surface area (Å²) in [5.74, 6) is 0.807. The van der Waals surface area contributed by atoms with Crippen LogP contribution < -0.4 is 5.73 Å². The van der Waals surface area contributed by atoms with Crippen LogP contribution in [0.5, 0.6) is 0 Å². The van der Waals surface area contributed by atoms with Gasteiger partial charge in [0.15, 0.2) is 0 Å². The third-order valence-electron chi connectivity index (χ3n) is 2.73. The summed E-state index contributed by atoms with van der Waals surface area (Å²) in [7, 11) is 0. The van der Waals surface area contributed by atoms with Gasteiger partial charge < -0.3 is 15.1 Å². The Bertz CT molecular complexity index is 668. The average molecular weight is 228 g/mol. The molecule has 0 radical (unpaired) electrons. The molecule has 3 rings (SSSR count). The lowest BCUT2D eigenvalue weighted by molar-refractivity contribution is 0.530. The molecule has 0 aliphatic rings. The molecule has 0 bridgehead atoms. The fraction of sp³-hybridized carbons (Fsp3) is 0.167. The monoisotopic (exact) mass is 228 g/mol. The van der Waals surface area contributed by atoms with E-state index in [1.54, 1.807) is 6.33 Å². The predicted octanol–water partition coefficient (Wildman–Crippen LogP) is 2.36. The Morgan fingerprint density at radius 3 is 3.12 bits per heavy atom. The summed E-state index contributed by atoms with van der Waals surface area (Å²) in [5.41, 5.74) is 9.29. The molecular formula is C12H12N4O. The van der Waals surface area contributed by atoms with Crippen LogP contribution in [0, 0.1) is 0 Å². The molecule has 0 saturated carbocycles. The first-order chi connectivity index (χ1) is 8.28. The van der Waals surface area contributed by atoms with E-state index in [2.05, 4.69) is 15.0 Å². The van der Waals surface area contributed by atoms with Crippen LogP contribution in [0.4, 0.5) is 6.01 Å². The molecule has 0 spiro atoms. The van der Waals surface area contributed by atoms with E-state index in [0.717, 1.165) is 34.5 Å². The van der Waals surface area contributed by atoms with E-state index < -0.39 is 0 Å². The van der Waals surface area contributed by atoms with Crippen LogP contribution in [0.15, 0.2) is 28.9 Å². The fourth-order valence-corrected chi connectivity index (χ4v) is 1.92. The van der Waals surface area contributed by atoms with E-state index in [1.807, 2.05) is 25.1 Å². The number of rotatable bonds is 2. The first kappa shape index (κ1) is 9.89. The van der Waals surface area contributed by atoms with Crippen molar-refractivity contribution in [3.63, 3.8) is 0 Å². The number of nitrogens with one attached hydrogen (secondary N) is 1. The third-order valence-corrected chi connectivity index (χ3v) is 2.73. The number of fused-ring (bicyclic) bond motifs is 1. The topological polar surface area (TPSA) is 80.7 Å². The first-order valence-electron chi connectivity index (χ1n) is 5.46. The summed E-state index contributed by atoms with van der Waals surface area (Å²) >= 11 is 0. The van der Waals surface area contributed by atoms with Gasteiger partial charge in [-0.25, -0.2) is 4.98 Å². The molecule has 2 aromatic heterocycles. The normalized spacial score (nSPS) is 11.1. The van der Waals surface area contributed by atoms with Crippen LogP contribution in [0.1, 0.15) is 12.7 Å². The van der Waals surface area contributed by atoms with Crippen LogP contribution in [0.2, 0.25) is 0 Å². The predicted molar refractivity (Wildman–Crippen MR) is 65.4 cm³/mol. The zero-order chi connectivity index (χ0) is 11.8. The molecule has 0 unspecified atom stereocenters. The summed E-state index contributed by atoms with van der Waals surface area (Å²) in [4.78, 5) is 11.5. The number of oxazole rings is 1. The molecule has 2 heterocycles. The van der Waals surface area contributed by atoms with Crippen molar-refractivity contribution in [3.05, 3.63) is 30.3 Å². The minimum atomic E-state index is 0.210. The van der Waals surface area contributed by atoms with Crippen molar-refractivity contribution in [2.45, 2.75) is 13.3 Å². The Balaban J connectivity index is 2.18. The van der Waals surface area contributed by atoms with Crippen LogP contribution >= 0.6 is 0 Å². The number of hydrogen-bond donors (Lipinski definition) is 2. The minimum Gasteiger partial charge on any atom is -0.428 e. The van der Waals surface area contributed by atoms with Gasteiger partial charge in [0.1, 0.15) is 11.5 Å². The second kappa shape index (κ2) is 3.62. The van der Waals surface area contributed by atoms with Crippen molar-refractivity contribution in [3.8, 4) is 11.3 Å². The van der Waals surface area contributed by atoms with Gasteiger partial charge in [-0.2, -0.15) is 4.98 Å². The van der Waals surface area contributed by atoms with Crippen molar-refractivity contribution in [1.82, 2.24) is 15.0 Å². The van der Waals surface area contributed by atoms with Gasteiger partial charge >= 0.3 is 0 Å². The summed E-state index contributed by atoms with van der Waals surface area (Å²) in [5, 5.41) is 0. The van der Waals surface area contributed by atoms with Crippen LogP contribution in [-0.4, -0.2) is 15.0 Å². The maximum atomic E-state index is 5.59. The molecule has 86 valence electrons. The number of nitrogen functional groups attached to an aromatic ring is 1.